The Labute approximate surface area is 148 Å². The lowest BCUT2D eigenvalue weighted by atomic mass is 10.2. The fourth-order valence-corrected chi connectivity index (χ4v) is 2.93. The van der Waals surface area contributed by atoms with Crippen molar-refractivity contribution >= 4 is 52.0 Å². The van der Waals surface area contributed by atoms with Gasteiger partial charge in [-0.1, -0.05) is 47.8 Å². The first kappa shape index (κ1) is 16.1. The first-order chi connectivity index (χ1) is 11.0. The number of halogens is 3. The number of nitrogens with zero attached hydrogens (tertiary/aromatic N) is 2. The Bertz CT molecular complexity index is 905. The number of fused-ring (bicyclic) bond motifs is 1. The topological polar surface area (TPSA) is 46.4 Å². The summed E-state index contributed by atoms with van der Waals surface area (Å²) in [6.45, 7) is 1.95. The number of imidazole rings is 1. The van der Waals surface area contributed by atoms with Gasteiger partial charge in [-0.25, -0.2) is 4.98 Å². The van der Waals surface area contributed by atoms with Crippen LogP contribution < -0.4 is 5.32 Å². The number of nitrogens with one attached hydrogen (secondary N) is 1. The van der Waals surface area contributed by atoms with Crippen molar-refractivity contribution in [1.29, 1.82) is 0 Å². The molecule has 3 rings (SSSR count). The lowest BCUT2D eigenvalue weighted by molar-refractivity contribution is 0.102. The Kier molecular flexibility index (Phi) is 4.48. The number of benzene rings is 1. The van der Waals surface area contributed by atoms with Crippen LogP contribution >= 0.6 is 34.8 Å². The molecule has 4 nitrogen and oxygen atoms in total. The number of hydrogen-bond acceptors (Lipinski definition) is 2. The molecule has 1 aromatic carbocycles. The first-order valence-electron chi connectivity index (χ1n) is 6.93. The van der Waals surface area contributed by atoms with Crippen LogP contribution in [0.15, 0.2) is 36.5 Å². The predicted molar refractivity (Wildman–Crippen MR) is 94.0 cm³/mol. The number of aromatic nitrogens is 2. The lowest BCUT2D eigenvalue weighted by Gasteiger charge is -2.09. The van der Waals surface area contributed by atoms with Crippen molar-refractivity contribution in [3.8, 4) is 0 Å². The van der Waals surface area contributed by atoms with E-state index in [0.29, 0.717) is 38.6 Å². The third kappa shape index (κ3) is 3.02. The summed E-state index contributed by atoms with van der Waals surface area (Å²) >= 11 is 18.0. The molecule has 0 saturated carbocycles. The molecular weight excluding hydrogens is 357 g/mol. The van der Waals surface area contributed by atoms with Crippen LogP contribution in [0, 0.1) is 0 Å². The van der Waals surface area contributed by atoms with Gasteiger partial charge in [-0.15, -0.1) is 0 Å². The maximum absolute atomic E-state index is 12.7. The van der Waals surface area contributed by atoms with E-state index in [2.05, 4.69) is 10.3 Å². The highest BCUT2D eigenvalue weighted by molar-refractivity contribution is 6.44. The van der Waals surface area contributed by atoms with E-state index >= 15 is 0 Å². The SMILES string of the molecule is CCc1nc2ccccn2c1C(=O)Nc1cc(Cl)c(Cl)cc1Cl. The molecule has 0 spiro atoms. The summed E-state index contributed by atoms with van der Waals surface area (Å²) in [5, 5.41) is 3.74. The van der Waals surface area contributed by atoms with Crippen molar-refractivity contribution in [1.82, 2.24) is 9.38 Å². The summed E-state index contributed by atoms with van der Waals surface area (Å²) in [5.41, 5.74) is 2.31. The quantitative estimate of drug-likeness (QED) is 0.653. The number of amides is 1. The molecule has 0 aliphatic carbocycles. The number of aryl methyl sites for hydroxylation is 1. The van der Waals surface area contributed by atoms with Crippen molar-refractivity contribution < 1.29 is 4.79 Å². The maximum atomic E-state index is 12.7. The van der Waals surface area contributed by atoms with Gasteiger partial charge >= 0.3 is 0 Å². The molecule has 23 heavy (non-hydrogen) atoms. The van der Waals surface area contributed by atoms with E-state index in [9.17, 15) is 4.79 Å². The van der Waals surface area contributed by atoms with Gasteiger partial charge in [-0.3, -0.25) is 9.20 Å². The van der Waals surface area contributed by atoms with Crippen LogP contribution in [-0.4, -0.2) is 15.3 Å². The molecule has 0 radical (unpaired) electrons. The van der Waals surface area contributed by atoms with Gasteiger partial charge in [0.15, 0.2) is 0 Å². The van der Waals surface area contributed by atoms with Crippen molar-refractivity contribution in [2.24, 2.45) is 0 Å². The van der Waals surface area contributed by atoms with Crippen LogP contribution in [0.1, 0.15) is 23.1 Å². The highest BCUT2D eigenvalue weighted by Crippen LogP contribution is 2.32. The van der Waals surface area contributed by atoms with Crippen molar-refractivity contribution in [2.45, 2.75) is 13.3 Å². The zero-order valence-corrected chi connectivity index (χ0v) is 14.4. The van der Waals surface area contributed by atoms with E-state index in [4.69, 9.17) is 34.8 Å². The number of rotatable bonds is 3. The lowest BCUT2D eigenvalue weighted by Crippen LogP contribution is -2.16. The maximum Gasteiger partial charge on any atom is 0.274 e. The minimum Gasteiger partial charge on any atom is -0.319 e. The zero-order chi connectivity index (χ0) is 16.6. The number of hydrogen-bond donors (Lipinski definition) is 1. The van der Waals surface area contributed by atoms with Gasteiger partial charge in [0.25, 0.3) is 5.91 Å². The second-order valence-corrected chi connectivity index (χ2v) is 6.11. The molecular formula is C16H12Cl3N3O. The first-order valence-corrected chi connectivity index (χ1v) is 8.06. The highest BCUT2D eigenvalue weighted by atomic mass is 35.5. The molecule has 2 aromatic heterocycles. The van der Waals surface area contributed by atoms with Crippen molar-refractivity contribution in [2.75, 3.05) is 5.32 Å². The highest BCUT2D eigenvalue weighted by Gasteiger charge is 2.19. The normalized spacial score (nSPS) is 11.0. The number of carbonyl (C=O) groups excluding carboxylic acids is 1. The third-order valence-corrected chi connectivity index (χ3v) is 4.45. The summed E-state index contributed by atoms with van der Waals surface area (Å²) in [6.07, 6.45) is 2.44. The average Bonchev–Trinajstić information content (AvgIpc) is 2.91. The van der Waals surface area contributed by atoms with Gasteiger partial charge < -0.3 is 5.32 Å². The molecule has 0 unspecified atom stereocenters. The Morgan fingerprint density at radius 2 is 1.91 bits per heavy atom. The van der Waals surface area contributed by atoms with Gasteiger partial charge in [0.05, 0.1) is 26.4 Å². The summed E-state index contributed by atoms with van der Waals surface area (Å²) in [4.78, 5) is 17.2. The average molecular weight is 369 g/mol. The number of anilines is 1. The molecule has 0 aliphatic rings. The molecule has 1 amide bonds. The van der Waals surface area contributed by atoms with E-state index in [0.717, 1.165) is 5.65 Å². The summed E-state index contributed by atoms with van der Waals surface area (Å²) in [6, 6.07) is 8.59. The van der Waals surface area contributed by atoms with Crippen LogP contribution in [0.25, 0.3) is 5.65 Å². The second-order valence-electron chi connectivity index (χ2n) is 4.89. The summed E-state index contributed by atoms with van der Waals surface area (Å²) in [5.74, 6) is -0.305. The Morgan fingerprint density at radius 1 is 1.17 bits per heavy atom. The Balaban J connectivity index is 2.03. The molecule has 0 fully saturated rings. The molecule has 2 heterocycles. The largest absolute Gasteiger partial charge is 0.319 e. The van der Waals surface area contributed by atoms with Crippen LogP contribution in [0.5, 0.6) is 0 Å². The van der Waals surface area contributed by atoms with Gasteiger partial charge in [0, 0.05) is 6.20 Å². The van der Waals surface area contributed by atoms with E-state index in [1.807, 2.05) is 25.1 Å². The fourth-order valence-electron chi connectivity index (χ4n) is 2.33. The smallest absolute Gasteiger partial charge is 0.274 e. The fraction of sp³-hybridized carbons (Fsp3) is 0.125. The summed E-state index contributed by atoms with van der Waals surface area (Å²) in [7, 11) is 0. The molecule has 0 saturated heterocycles. The van der Waals surface area contributed by atoms with Crippen LogP contribution in [0.4, 0.5) is 5.69 Å². The Hall–Kier alpha value is -1.75. The molecule has 7 heteroatoms. The number of pyridine rings is 1. The molecule has 3 aromatic rings. The molecule has 118 valence electrons. The van der Waals surface area contributed by atoms with Crippen LogP contribution in [0.2, 0.25) is 15.1 Å². The molecule has 0 atom stereocenters. The van der Waals surface area contributed by atoms with Crippen molar-refractivity contribution in [3.05, 3.63) is 63.0 Å². The van der Waals surface area contributed by atoms with Gasteiger partial charge in [0.1, 0.15) is 11.3 Å². The van der Waals surface area contributed by atoms with Gasteiger partial charge in [0.2, 0.25) is 0 Å². The second kappa shape index (κ2) is 6.40. The van der Waals surface area contributed by atoms with Gasteiger partial charge in [-0.2, -0.15) is 0 Å². The molecule has 0 bridgehead atoms. The minimum absolute atomic E-state index is 0.305. The van der Waals surface area contributed by atoms with Gasteiger partial charge in [-0.05, 0) is 30.7 Å². The molecule has 0 aliphatic heterocycles. The monoisotopic (exact) mass is 367 g/mol. The van der Waals surface area contributed by atoms with E-state index in [1.54, 1.807) is 10.6 Å². The number of carbonyl (C=O) groups is 1. The van der Waals surface area contributed by atoms with Crippen LogP contribution in [0.3, 0.4) is 0 Å². The predicted octanol–water partition coefficient (Wildman–Crippen LogP) is 5.11. The minimum atomic E-state index is -0.305. The van der Waals surface area contributed by atoms with Crippen LogP contribution in [-0.2, 0) is 6.42 Å². The third-order valence-electron chi connectivity index (χ3n) is 3.41. The van der Waals surface area contributed by atoms with E-state index < -0.39 is 0 Å². The van der Waals surface area contributed by atoms with E-state index in [-0.39, 0.29) is 5.91 Å². The summed E-state index contributed by atoms with van der Waals surface area (Å²) < 4.78 is 1.75. The van der Waals surface area contributed by atoms with Crippen molar-refractivity contribution in [3.63, 3.8) is 0 Å². The van der Waals surface area contributed by atoms with E-state index in [1.165, 1.54) is 12.1 Å². The standard InChI is InChI=1S/C16H12Cl3N3O/c1-2-12-15(22-6-4-3-5-14(22)20-12)16(23)21-13-8-10(18)9(17)7-11(13)19/h3-8H,2H2,1H3,(H,21,23). The zero-order valence-electron chi connectivity index (χ0n) is 12.1. The Morgan fingerprint density at radius 3 is 2.65 bits per heavy atom. The molecule has 1 N–H and O–H groups in total.